The molecule has 5 heteroatoms. The van der Waals surface area contributed by atoms with Gasteiger partial charge in [0, 0.05) is 0 Å². The molecule has 2 aromatic rings. The Morgan fingerprint density at radius 1 is 0.840 bits per heavy atom. The Labute approximate surface area is 146 Å². The van der Waals surface area contributed by atoms with E-state index in [0.717, 1.165) is 25.3 Å². The minimum Gasteiger partial charge on any atom is -0.507 e. The van der Waals surface area contributed by atoms with Gasteiger partial charge >= 0.3 is 0 Å². The van der Waals surface area contributed by atoms with Crippen molar-refractivity contribution < 1.29 is 23.7 Å². The van der Waals surface area contributed by atoms with Crippen LogP contribution in [0, 0.1) is 11.6 Å². The second kappa shape index (κ2) is 9.25. The van der Waals surface area contributed by atoms with Crippen LogP contribution in [0.5, 0.6) is 17.2 Å². The van der Waals surface area contributed by atoms with E-state index >= 15 is 0 Å². The van der Waals surface area contributed by atoms with Gasteiger partial charge in [0.25, 0.3) is 0 Å². The molecular weight excluding hydrogens is 326 g/mol. The number of rotatable bonds is 9. The molecule has 0 aliphatic rings. The van der Waals surface area contributed by atoms with Gasteiger partial charge in [0.15, 0.2) is 11.6 Å². The fourth-order valence-corrected chi connectivity index (χ4v) is 2.72. The minimum absolute atomic E-state index is 0.0657. The van der Waals surface area contributed by atoms with E-state index < -0.39 is 28.7 Å². The average Bonchev–Trinajstić information content (AvgIpc) is 2.58. The molecular formula is C20H24F2O3. The van der Waals surface area contributed by atoms with Gasteiger partial charge < -0.3 is 14.9 Å². The van der Waals surface area contributed by atoms with Crippen molar-refractivity contribution in [1.29, 1.82) is 0 Å². The van der Waals surface area contributed by atoms with Crippen LogP contribution in [0.3, 0.4) is 0 Å². The van der Waals surface area contributed by atoms with Gasteiger partial charge in [-0.3, -0.25) is 0 Å². The highest BCUT2D eigenvalue weighted by molar-refractivity contribution is 5.77. The highest BCUT2D eigenvalue weighted by atomic mass is 19.1. The Balaban J connectivity index is 2.10. The lowest BCUT2D eigenvalue weighted by Crippen LogP contribution is -2.01. The molecule has 0 fully saturated rings. The molecule has 25 heavy (non-hydrogen) atoms. The third-order valence-corrected chi connectivity index (χ3v) is 4.08. The number of aromatic hydroxyl groups is 2. The third-order valence-electron chi connectivity index (χ3n) is 4.08. The van der Waals surface area contributed by atoms with Gasteiger partial charge in [0.05, 0.1) is 17.7 Å². The highest BCUT2D eigenvalue weighted by Crippen LogP contribution is 2.41. The van der Waals surface area contributed by atoms with Gasteiger partial charge in [0.2, 0.25) is 0 Å². The van der Waals surface area contributed by atoms with Crippen LogP contribution < -0.4 is 4.74 Å². The topological polar surface area (TPSA) is 49.7 Å². The van der Waals surface area contributed by atoms with Crippen molar-refractivity contribution in [2.75, 3.05) is 6.61 Å². The first-order valence-electron chi connectivity index (χ1n) is 8.68. The normalized spacial score (nSPS) is 10.8. The smallest absolute Gasteiger partial charge is 0.176 e. The number of benzene rings is 2. The lowest BCUT2D eigenvalue weighted by molar-refractivity contribution is 0.289. The van der Waals surface area contributed by atoms with Crippen LogP contribution in [0.1, 0.15) is 45.4 Å². The number of ether oxygens (including phenoxy) is 1. The zero-order valence-corrected chi connectivity index (χ0v) is 14.4. The van der Waals surface area contributed by atoms with Gasteiger partial charge in [-0.25, -0.2) is 8.78 Å². The van der Waals surface area contributed by atoms with Gasteiger partial charge in [-0.1, -0.05) is 45.1 Å². The van der Waals surface area contributed by atoms with Crippen molar-refractivity contribution in [3.8, 4) is 28.4 Å². The van der Waals surface area contributed by atoms with Gasteiger partial charge in [-0.05, 0) is 30.7 Å². The van der Waals surface area contributed by atoms with Crippen LogP contribution in [-0.4, -0.2) is 16.8 Å². The van der Waals surface area contributed by atoms with E-state index in [1.54, 1.807) is 0 Å². The second-order valence-corrected chi connectivity index (χ2v) is 6.02. The van der Waals surface area contributed by atoms with Crippen molar-refractivity contribution in [3.05, 3.63) is 42.0 Å². The first-order chi connectivity index (χ1) is 12.1. The molecule has 2 N–H and O–H groups in total. The van der Waals surface area contributed by atoms with Crippen LogP contribution in [0.4, 0.5) is 8.78 Å². The molecule has 0 spiro atoms. The fourth-order valence-electron chi connectivity index (χ4n) is 2.72. The molecule has 3 nitrogen and oxygen atoms in total. The van der Waals surface area contributed by atoms with E-state index in [1.807, 2.05) is 0 Å². The first-order valence-corrected chi connectivity index (χ1v) is 8.68. The summed E-state index contributed by atoms with van der Waals surface area (Å²) in [6.07, 6.45) is 6.49. The Morgan fingerprint density at radius 2 is 1.52 bits per heavy atom. The van der Waals surface area contributed by atoms with E-state index in [1.165, 1.54) is 43.5 Å². The molecule has 2 aromatic carbocycles. The molecule has 0 aliphatic heterocycles. The maximum absolute atomic E-state index is 14.7. The van der Waals surface area contributed by atoms with Crippen LogP contribution in [0.15, 0.2) is 30.3 Å². The number of hydrogen-bond acceptors (Lipinski definition) is 3. The highest BCUT2D eigenvalue weighted by Gasteiger charge is 2.21. The fraction of sp³-hybridized carbons (Fsp3) is 0.400. The van der Waals surface area contributed by atoms with E-state index in [-0.39, 0.29) is 11.3 Å². The molecule has 2 rings (SSSR count). The van der Waals surface area contributed by atoms with Crippen molar-refractivity contribution in [2.24, 2.45) is 0 Å². The number of phenolic OH excluding ortho intramolecular Hbond substituents is 2. The third kappa shape index (κ3) is 4.84. The zero-order chi connectivity index (χ0) is 18.2. The summed E-state index contributed by atoms with van der Waals surface area (Å²) < 4.78 is 34.1. The van der Waals surface area contributed by atoms with Gasteiger partial charge in [-0.15, -0.1) is 0 Å². The summed E-state index contributed by atoms with van der Waals surface area (Å²) in [5.74, 6) is -2.66. The van der Waals surface area contributed by atoms with Crippen molar-refractivity contribution in [3.63, 3.8) is 0 Å². The molecule has 0 unspecified atom stereocenters. The summed E-state index contributed by atoms with van der Waals surface area (Å²) in [4.78, 5) is 0. The van der Waals surface area contributed by atoms with E-state index in [4.69, 9.17) is 4.74 Å². The Kier molecular flexibility index (Phi) is 7.04. The molecule has 0 saturated heterocycles. The molecule has 0 aromatic heterocycles. The Hall–Kier alpha value is -2.30. The van der Waals surface area contributed by atoms with Gasteiger partial charge in [0.1, 0.15) is 17.3 Å². The van der Waals surface area contributed by atoms with Crippen molar-refractivity contribution >= 4 is 0 Å². The SMILES string of the molecule is CCCCCCCCOc1ccc(O)c(-c2c(O)cccc2F)c1F. The van der Waals surface area contributed by atoms with Crippen molar-refractivity contribution in [1.82, 2.24) is 0 Å². The summed E-state index contributed by atoms with van der Waals surface area (Å²) in [6, 6.07) is 6.19. The molecule has 0 atom stereocenters. The lowest BCUT2D eigenvalue weighted by Gasteiger charge is -2.13. The van der Waals surface area contributed by atoms with Gasteiger partial charge in [-0.2, -0.15) is 0 Å². The summed E-state index contributed by atoms with van der Waals surface area (Å²) in [5.41, 5.74) is -0.765. The number of unbranched alkanes of at least 4 members (excludes halogenated alkanes) is 5. The summed E-state index contributed by atoms with van der Waals surface area (Å²) >= 11 is 0. The number of halogens is 2. The first kappa shape index (κ1) is 19.0. The Bertz CT molecular complexity index is 681. The largest absolute Gasteiger partial charge is 0.507 e. The van der Waals surface area contributed by atoms with Crippen molar-refractivity contribution in [2.45, 2.75) is 45.4 Å². The van der Waals surface area contributed by atoms with Crippen LogP contribution in [-0.2, 0) is 0 Å². The standard InChI is InChI=1S/C20H24F2O3/c1-2-3-4-5-6-7-13-25-17-12-11-16(24)19(20(17)22)18-14(21)9-8-10-15(18)23/h8-12,23-24H,2-7,13H2,1H3. The number of hydrogen-bond donors (Lipinski definition) is 2. The summed E-state index contributed by atoms with van der Waals surface area (Å²) in [7, 11) is 0. The van der Waals surface area contributed by atoms with Crippen LogP contribution >= 0.6 is 0 Å². The summed E-state index contributed by atoms with van der Waals surface area (Å²) in [6.45, 7) is 2.50. The van der Waals surface area contributed by atoms with E-state index in [9.17, 15) is 19.0 Å². The monoisotopic (exact) mass is 350 g/mol. The Morgan fingerprint density at radius 3 is 2.24 bits per heavy atom. The lowest BCUT2D eigenvalue weighted by atomic mass is 10.0. The van der Waals surface area contributed by atoms with Crippen LogP contribution in [0.25, 0.3) is 11.1 Å². The molecule has 0 heterocycles. The molecule has 0 saturated carbocycles. The maximum atomic E-state index is 14.7. The molecule has 0 aliphatic carbocycles. The average molecular weight is 350 g/mol. The predicted molar refractivity (Wildman–Crippen MR) is 94.0 cm³/mol. The zero-order valence-electron chi connectivity index (χ0n) is 14.4. The molecule has 0 bridgehead atoms. The minimum atomic E-state index is -0.883. The molecule has 136 valence electrons. The van der Waals surface area contributed by atoms with Crippen LogP contribution in [0.2, 0.25) is 0 Å². The maximum Gasteiger partial charge on any atom is 0.176 e. The molecule has 0 radical (unpaired) electrons. The van der Waals surface area contributed by atoms with E-state index in [2.05, 4.69) is 6.92 Å². The van der Waals surface area contributed by atoms with E-state index in [0.29, 0.717) is 6.61 Å². The quantitative estimate of drug-likeness (QED) is 0.563. The molecule has 0 amide bonds. The summed E-state index contributed by atoms with van der Waals surface area (Å²) in [5, 5.41) is 19.8. The predicted octanol–water partition coefficient (Wildman–Crippen LogP) is 5.78. The second-order valence-electron chi connectivity index (χ2n) is 6.02. The number of phenols is 2.